The van der Waals surface area contributed by atoms with Crippen LogP contribution in [0.5, 0.6) is 0 Å². The van der Waals surface area contributed by atoms with E-state index in [9.17, 15) is 24.6 Å². The largest absolute Gasteiger partial charge is 0.480 e. The molecule has 1 aliphatic rings. The molecular weight excluding hydrogens is 408 g/mol. The highest BCUT2D eigenvalue weighted by atomic mass is 16.4. The molecule has 1 fully saturated rings. The molecule has 0 spiro atoms. The molecule has 1 aliphatic heterocycles. The van der Waals surface area contributed by atoms with Gasteiger partial charge in [0, 0.05) is 13.0 Å². The van der Waals surface area contributed by atoms with Crippen LogP contribution in [-0.4, -0.2) is 57.6 Å². The Kier molecular flexibility index (Phi) is 7.78. The zero-order chi connectivity index (χ0) is 23.1. The predicted molar refractivity (Wildman–Crippen MR) is 121 cm³/mol. The van der Waals surface area contributed by atoms with Gasteiger partial charge in [0.1, 0.15) is 12.1 Å². The first kappa shape index (κ1) is 23.2. The van der Waals surface area contributed by atoms with E-state index >= 15 is 0 Å². The molecule has 0 bridgehead atoms. The maximum atomic E-state index is 13.1. The summed E-state index contributed by atoms with van der Waals surface area (Å²) in [5.41, 5.74) is 2.81. The smallest absolute Gasteiger partial charge is 0.326 e. The lowest BCUT2D eigenvalue weighted by atomic mass is 10.0. The van der Waals surface area contributed by atoms with Gasteiger partial charge in [-0.05, 0) is 36.5 Å². The van der Waals surface area contributed by atoms with Gasteiger partial charge in [-0.1, -0.05) is 66.7 Å². The summed E-state index contributed by atoms with van der Waals surface area (Å²) in [5.74, 6) is -2.53. The number of carbonyl (C=O) groups excluding carboxylic acids is 1. The Morgan fingerprint density at radius 3 is 2.28 bits per heavy atom. The second-order valence-electron chi connectivity index (χ2n) is 8.04. The predicted octanol–water partition coefficient (Wildman–Crippen LogP) is 2.82. The number of carboxylic acids is 2. The molecule has 7 heteroatoms. The molecule has 3 rings (SSSR count). The minimum atomic E-state index is -1.07. The number of nitrogens with one attached hydrogen (secondary N) is 1. The lowest BCUT2D eigenvalue weighted by molar-refractivity contribution is -0.149. The molecule has 1 heterocycles. The van der Waals surface area contributed by atoms with Crippen LogP contribution in [0.4, 0.5) is 0 Å². The Labute approximate surface area is 187 Å². The third kappa shape index (κ3) is 6.04. The normalized spacial score (nSPS) is 19.0. The molecule has 168 valence electrons. The number of rotatable bonds is 9. The first-order valence-corrected chi connectivity index (χ1v) is 10.7. The Balaban J connectivity index is 1.67. The van der Waals surface area contributed by atoms with Gasteiger partial charge in [-0.3, -0.25) is 14.9 Å². The number of carbonyl (C=O) groups is 3. The van der Waals surface area contributed by atoms with Gasteiger partial charge >= 0.3 is 11.9 Å². The summed E-state index contributed by atoms with van der Waals surface area (Å²) in [6.07, 6.45) is 3.02. The molecule has 7 nitrogen and oxygen atoms in total. The maximum absolute atomic E-state index is 13.1. The number of hydrogen-bond acceptors (Lipinski definition) is 4. The average Bonchev–Trinajstić information content (AvgIpc) is 3.21. The van der Waals surface area contributed by atoms with Crippen molar-refractivity contribution < 1.29 is 24.6 Å². The summed E-state index contributed by atoms with van der Waals surface area (Å²) < 4.78 is 0. The minimum Gasteiger partial charge on any atom is -0.480 e. The highest BCUT2D eigenvalue weighted by Gasteiger charge is 2.39. The molecule has 1 saturated heterocycles. The van der Waals surface area contributed by atoms with Gasteiger partial charge in [0.05, 0.1) is 6.04 Å². The number of aryl methyl sites for hydroxylation is 1. The zero-order valence-electron chi connectivity index (χ0n) is 18.0. The second kappa shape index (κ2) is 10.7. The number of carboxylic acid groups (broad SMARTS) is 2. The first-order valence-electron chi connectivity index (χ1n) is 10.7. The van der Waals surface area contributed by atoms with E-state index in [1.54, 1.807) is 6.92 Å². The number of aliphatic carboxylic acids is 2. The maximum Gasteiger partial charge on any atom is 0.326 e. The van der Waals surface area contributed by atoms with E-state index in [0.29, 0.717) is 12.8 Å². The molecule has 0 aromatic heterocycles. The Hall–Kier alpha value is -3.45. The first-order chi connectivity index (χ1) is 15.3. The standard InChI is InChI=1S/C25H28N2O5/c1-17(26-21(24(29)30)13-12-18-8-4-2-5-9-18)23(28)27-16-20(15-22(27)25(31)32)14-19-10-6-3-7-11-19/h2-11,14,17,21-22,26H,12-13,15-16H2,1H3,(H,29,30)(H,31,32)/b20-14-/t17-,21?,22-/m0/s1. The molecule has 1 unspecified atom stereocenters. The number of benzene rings is 2. The van der Waals surface area contributed by atoms with E-state index in [1.165, 1.54) is 4.90 Å². The lowest BCUT2D eigenvalue weighted by Crippen LogP contribution is -2.53. The van der Waals surface area contributed by atoms with Crippen molar-refractivity contribution in [3.63, 3.8) is 0 Å². The average molecular weight is 437 g/mol. The van der Waals surface area contributed by atoms with Crippen LogP contribution < -0.4 is 5.32 Å². The summed E-state index contributed by atoms with van der Waals surface area (Å²) >= 11 is 0. The molecular formula is C25H28N2O5. The molecule has 0 saturated carbocycles. The number of nitrogens with zero attached hydrogens (tertiary/aromatic N) is 1. The van der Waals surface area contributed by atoms with Crippen LogP contribution in [-0.2, 0) is 20.8 Å². The third-order valence-corrected chi connectivity index (χ3v) is 5.63. The minimum absolute atomic E-state index is 0.207. The quantitative estimate of drug-likeness (QED) is 0.558. The van der Waals surface area contributed by atoms with Crippen LogP contribution in [0.1, 0.15) is 30.9 Å². The summed E-state index contributed by atoms with van der Waals surface area (Å²) in [4.78, 5) is 37.9. The lowest BCUT2D eigenvalue weighted by Gasteiger charge is -2.27. The van der Waals surface area contributed by atoms with Gasteiger partial charge in [-0.2, -0.15) is 0 Å². The van der Waals surface area contributed by atoms with Crippen molar-refractivity contribution >= 4 is 23.9 Å². The van der Waals surface area contributed by atoms with Gasteiger partial charge in [-0.25, -0.2) is 4.79 Å². The van der Waals surface area contributed by atoms with Crippen molar-refractivity contribution in [1.29, 1.82) is 0 Å². The number of hydrogen-bond donors (Lipinski definition) is 3. The molecule has 3 N–H and O–H groups in total. The van der Waals surface area contributed by atoms with E-state index in [2.05, 4.69) is 5.32 Å². The summed E-state index contributed by atoms with van der Waals surface area (Å²) in [6.45, 7) is 1.79. The SMILES string of the molecule is C[C@H](NC(CCc1ccccc1)C(=O)O)C(=O)N1C/C(=C\c2ccccc2)C[C@H]1C(=O)O. The molecule has 32 heavy (non-hydrogen) atoms. The van der Waals surface area contributed by atoms with Crippen molar-refractivity contribution in [3.8, 4) is 0 Å². The topological polar surface area (TPSA) is 107 Å². The van der Waals surface area contributed by atoms with Gasteiger partial charge in [0.15, 0.2) is 0 Å². The van der Waals surface area contributed by atoms with Gasteiger partial charge in [-0.15, -0.1) is 0 Å². The van der Waals surface area contributed by atoms with Crippen LogP contribution >= 0.6 is 0 Å². The molecule has 2 aromatic carbocycles. The van der Waals surface area contributed by atoms with Gasteiger partial charge < -0.3 is 15.1 Å². The third-order valence-electron chi connectivity index (χ3n) is 5.63. The zero-order valence-corrected chi connectivity index (χ0v) is 18.0. The van der Waals surface area contributed by atoms with E-state index in [4.69, 9.17) is 0 Å². The summed E-state index contributed by atoms with van der Waals surface area (Å²) in [5, 5.41) is 22.1. The molecule has 2 aromatic rings. The highest BCUT2D eigenvalue weighted by Crippen LogP contribution is 2.26. The van der Waals surface area contributed by atoms with Crippen molar-refractivity contribution in [3.05, 3.63) is 77.4 Å². The van der Waals surface area contributed by atoms with Crippen molar-refractivity contribution in [2.24, 2.45) is 0 Å². The molecule has 1 amide bonds. The van der Waals surface area contributed by atoms with Gasteiger partial charge in [0.25, 0.3) is 0 Å². The van der Waals surface area contributed by atoms with Crippen LogP contribution in [0.15, 0.2) is 66.2 Å². The molecule has 3 atom stereocenters. The van der Waals surface area contributed by atoms with E-state index in [-0.39, 0.29) is 13.0 Å². The van der Waals surface area contributed by atoms with E-state index in [1.807, 2.05) is 66.7 Å². The van der Waals surface area contributed by atoms with Crippen molar-refractivity contribution in [2.75, 3.05) is 6.54 Å². The van der Waals surface area contributed by atoms with E-state index < -0.39 is 36.0 Å². The fourth-order valence-electron chi connectivity index (χ4n) is 3.95. The number of likely N-dealkylation sites (tertiary alicyclic amines) is 1. The number of amides is 1. The van der Waals surface area contributed by atoms with Crippen molar-refractivity contribution in [2.45, 2.75) is 44.3 Å². The summed E-state index contributed by atoms with van der Waals surface area (Å²) in [6, 6.07) is 16.4. The fraction of sp³-hybridized carbons (Fsp3) is 0.320. The Bertz CT molecular complexity index is 974. The van der Waals surface area contributed by atoms with Crippen LogP contribution in [0.2, 0.25) is 0 Å². The second-order valence-corrected chi connectivity index (χ2v) is 8.04. The monoisotopic (exact) mass is 436 g/mol. The van der Waals surface area contributed by atoms with Gasteiger partial charge in [0.2, 0.25) is 5.91 Å². The summed E-state index contributed by atoms with van der Waals surface area (Å²) in [7, 11) is 0. The van der Waals surface area contributed by atoms with E-state index in [0.717, 1.165) is 16.7 Å². The van der Waals surface area contributed by atoms with Crippen LogP contribution in [0.3, 0.4) is 0 Å². The van der Waals surface area contributed by atoms with Crippen LogP contribution in [0, 0.1) is 0 Å². The molecule has 0 radical (unpaired) electrons. The fourth-order valence-corrected chi connectivity index (χ4v) is 3.95. The van der Waals surface area contributed by atoms with Crippen LogP contribution in [0.25, 0.3) is 6.08 Å². The Morgan fingerprint density at radius 1 is 1.06 bits per heavy atom. The molecule has 0 aliphatic carbocycles. The highest BCUT2D eigenvalue weighted by molar-refractivity contribution is 5.89. The van der Waals surface area contributed by atoms with Crippen molar-refractivity contribution in [1.82, 2.24) is 10.2 Å². The Morgan fingerprint density at radius 2 is 1.69 bits per heavy atom.